The van der Waals surface area contributed by atoms with Crippen LogP contribution in [0, 0.1) is 22.7 Å². The van der Waals surface area contributed by atoms with Gasteiger partial charge in [0, 0.05) is 6.54 Å². The fourth-order valence-electron chi connectivity index (χ4n) is 5.12. The summed E-state index contributed by atoms with van der Waals surface area (Å²) in [7, 11) is 0. The van der Waals surface area contributed by atoms with Crippen LogP contribution in [0.5, 0.6) is 0 Å². The van der Waals surface area contributed by atoms with Crippen LogP contribution in [0.4, 0.5) is 4.79 Å². The van der Waals surface area contributed by atoms with Crippen molar-refractivity contribution in [2.24, 2.45) is 22.7 Å². The molecule has 0 aromatic rings. The van der Waals surface area contributed by atoms with Crippen LogP contribution in [0.15, 0.2) is 0 Å². The standard InChI is InChI=1S/C21H34N2O5/c1-19(2,3)15(22-18(27)28-20(4,5)6)16(24)23-11-13-12(14(23)17(25)26)7-8-21(13)9-10-21/h12-15H,7-11H2,1-6H3,(H,22,27)(H,25,26)/t12-,13?,14-,15+/m0/s1. The van der Waals surface area contributed by atoms with Gasteiger partial charge in [-0.05, 0) is 69.1 Å². The monoisotopic (exact) mass is 394 g/mol. The van der Waals surface area contributed by atoms with E-state index in [9.17, 15) is 19.5 Å². The van der Waals surface area contributed by atoms with Gasteiger partial charge in [0.25, 0.3) is 0 Å². The number of carboxylic acids is 1. The largest absolute Gasteiger partial charge is 0.480 e. The first-order chi connectivity index (χ1) is 12.8. The number of carbonyl (C=O) groups is 3. The van der Waals surface area contributed by atoms with E-state index in [1.165, 1.54) is 4.90 Å². The van der Waals surface area contributed by atoms with Crippen molar-refractivity contribution < 1.29 is 24.2 Å². The zero-order valence-corrected chi connectivity index (χ0v) is 17.9. The molecule has 1 unspecified atom stereocenters. The van der Waals surface area contributed by atoms with Crippen molar-refractivity contribution in [2.75, 3.05) is 6.54 Å². The van der Waals surface area contributed by atoms with Gasteiger partial charge in [0.15, 0.2) is 0 Å². The fourth-order valence-corrected chi connectivity index (χ4v) is 5.12. The van der Waals surface area contributed by atoms with Gasteiger partial charge < -0.3 is 20.1 Å². The molecule has 0 radical (unpaired) electrons. The second-order valence-corrected chi connectivity index (χ2v) is 10.9. The number of hydrogen-bond acceptors (Lipinski definition) is 4. The van der Waals surface area contributed by atoms with Crippen molar-refractivity contribution in [2.45, 2.75) is 84.9 Å². The van der Waals surface area contributed by atoms with E-state index in [4.69, 9.17) is 4.74 Å². The number of alkyl carbamates (subject to hydrolysis) is 1. The molecule has 2 amide bonds. The highest BCUT2D eigenvalue weighted by Gasteiger charge is 2.64. The van der Waals surface area contributed by atoms with Crippen LogP contribution in [0.25, 0.3) is 0 Å². The van der Waals surface area contributed by atoms with E-state index >= 15 is 0 Å². The zero-order valence-electron chi connectivity index (χ0n) is 17.9. The second-order valence-electron chi connectivity index (χ2n) is 10.9. The molecule has 28 heavy (non-hydrogen) atoms. The number of carbonyl (C=O) groups excluding carboxylic acids is 2. The Morgan fingerprint density at radius 1 is 1.11 bits per heavy atom. The molecule has 2 aliphatic carbocycles. The molecule has 7 nitrogen and oxygen atoms in total. The minimum atomic E-state index is -0.941. The number of rotatable bonds is 3. The third kappa shape index (κ3) is 3.85. The Labute approximate surface area is 167 Å². The number of likely N-dealkylation sites (tertiary alicyclic amines) is 1. The summed E-state index contributed by atoms with van der Waals surface area (Å²) in [5, 5.41) is 12.6. The van der Waals surface area contributed by atoms with Crippen molar-refractivity contribution in [3.8, 4) is 0 Å². The van der Waals surface area contributed by atoms with Gasteiger partial charge in [0.05, 0.1) is 0 Å². The Bertz CT molecular complexity index is 671. The number of carboxylic acid groups (broad SMARTS) is 1. The first-order valence-electron chi connectivity index (χ1n) is 10.3. The smallest absolute Gasteiger partial charge is 0.408 e. The lowest BCUT2D eigenvalue weighted by Crippen LogP contribution is -2.57. The van der Waals surface area contributed by atoms with E-state index in [0.717, 1.165) is 25.7 Å². The number of nitrogens with one attached hydrogen (secondary N) is 1. The Morgan fingerprint density at radius 3 is 2.18 bits per heavy atom. The van der Waals surface area contributed by atoms with Crippen molar-refractivity contribution in [1.82, 2.24) is 10.2 Å². The summed E-state index contributed by atoms with van der Waals surface area (Å²) in [5.41, 5.74) is -1.00. The maximum Gasteiger partial charge on any atom is 0.408 e. The molecule has 3 rings (SSSR count). The lowest BCUT2D eigenvalue weighted by Gasteiger charge is -2.36. The van der Waals surface area contributed by atoms with Gasteiger partial charge >= 0.3 is 12.1 Å². The third-order valence-corrected chi connectivity index (χ3v) is 6.62. The average Bonchev–Trinajstić information content (AvgIpc) is 3.07. The topological polar surface area (TPSA) is 95.9 Å². The molecule has 2 saturated carbocycles. The normalized spacial score (nSPS) is 29.4. The molecule has 4 atom stereocenters. The van der Waals surface area contributed by atoms with Crippen molar-refractivity contribution >= 4 is 18.0 Å². The molecular weight excluding hydrogens is 360 g/mol. The van der Waals surface area contributed by atoms with Crippen LogP contribution in [0.1, 0.15) is 67.2 Å². The van der Waals surface area contributed by atoms with E-state index in [1.54, 1.807) is 20.8 Å². The predicted molar refractivity (Wildman–Crippen MR) is 104 cm³/mol. The molecule has 0 bridgehead atoms. The predicted octanol–water partition coefficient (Wildman–Crippen LogP) is 3.03. The van der Waals surface area contributed by atoms with Crippen molar-refractivity contribution in [3.05, 3.63) is 0 Å². The van der Waals surface area contributed by atoms with E-state index in [2.05, 4.69) is 5.32 Å². The molecule has 3 fully saturated rings. The Morgan fingerprint density at radius 2 is 1.71 bits per heavy atom. The van der Waals surface area contributed by atoms with Gasteiger partial charge in [-0.2, -0.15) is 0 Å². The summed E-state index contributed by atoms with van der Waals surface area (Å²) in [4.78, 5) is 39.4. The van der Waals surface area contributed by atoms with Crippen LogP contribution in [0.2, 0.25) is 0 Å². The summed E-state index contributed by atoms with van der Waals surface area (Å²) in [5.74, 6) is -0.981. The van der Waals surface area contributed by atoms with Crippen LogP contribution in [0.3, 0.4) is 0 Å². The van der Waals surface area contributed by atoms with Gasteiger partial charge in [-0.3, -0.25) is 4.79 Å². The van der Waals surface area contributed by atoms with Gasteiger partial charge in [0.2, 0.25) is 5.91 Å². The number of ether oxygens (including phenoxy) is 1. The number of nitrogens with zero attached hydrogens (tertiary/aromatic N) is 1. The van der Waals surface area contributed by atoms with Gasteiger partial charge in [0.1, 0.15) is 17.7 Å². The number of aliphatic carboxylic acids is 1. The molecule has 7 heteroatoms. The van der Waals surface area contributed by atoms with Crippen LogP contribution in [-0.4, -0.2) is 52.2 Å². The van der Waals surface area contributed by atoms with Crippen LogP contribution in [-0.2, 0) is 14.3 Å². The summed E-state index contributed by atoms with van der Waals surface area (Å²) in [6.07, 6.45) is 3.56. The van der Waals surface area contributed by atoms with Crippen molar-refractivity contribution in [3.63, 3.8) is 0 Å². The zero-order chi connectivity index (χ0) is 21.1. The molecule has 2 N–H and O–H groups in total. The Kier molecular flexibility index (Phi) is 4.96. The van der Waals surface area contributed by atoms with Crippen molar-refractivity contribution in [1.29, 1.82) is 0 Å². The molecule has 1 saturated heterocycles. The summed E-state index contributed by atoms with van der Waals surface area (Å²) >= 11 is 0. The molecule has 158 valence electrons. The number of hydrogen-bond donors (Lipinski definition) is 2. The minimum Gasteiger partial charge on any atom is -0.480 e. The van der Waals surface area contributed by atoms with Gasteiger partial charge in [-0.1, -0.05) is 20.8 Å². The highest BCUT2D eigenvalue weighted by Crippen LogP contribution is 2.66. The molecular formula is C21H34N2O5. The maximum atomic E-state index is 13.5. The molecule has 1 aliphatic heterocycles. The maximum absolute atomic E-state index is 13.5. The fraction of sp³-hybridized carbons (Fsp3) is 0.857. The van der Waals surface area contributed by atoms with Crippen LogP contribution < -0.4 is 5.32 Å². The number of amides is 2. The molecule has 1 spiro atoms. The molecule has 0 aromatic carbocycles. The van der Waals surface area contributed by atoms with Crippen LogP contribution >= 0.6 is 0 Å². The minimum absolute atomic E-state index is 0.0195. The van der Waals surface area contributed by atoms with Gasteiger partial charge in [-0.25, -0.2) is 9.59 Å². The first-order valence-corrected chi connectivity index (χ1v) is 10.3. The molecule has 1 heterocycles. The van der Waals surface area contributed by atoms with E-state index in [0.29, 0.717) is 6.54 Å². The van der Waals surface area contributed by atoms with E-state index in [1.807, 2.05) is 20.8 Å². The summed E-state index contributed by atoms with van der Waals surface area (Å²) in [6.45, 7) is 11.3. The Hall–Kier alpha value is -1.79. The highest BCUT2D eigenvalue weighted by atomic mass is 16.6. The third-order valence-electron chi connectivity index (χ3n) is 6.62. The summed E-state index contributed by atoms with van der Waals surface area (Å²) in [6, 6.07) is -1.65. The number of fused-ring (bicyclic) bond motifs is 2. The quantitative estimate of drug-likeness (QED) is 0.767. The Balaban J connectivity index is 1.81. The molecule has 0 aromatic heterocycles. The second kappa shape index (κ2) is 6.63. The lowest BCUT2D eigenvalue weighted by molar-refractivity contribution is -0.151. The average molecular weight is 395 g/mol. The van der Waals surface area contributed by atoms with E-state index in [-0.39, 0.29) is 23.2 Å². The SMILES string of the molecule is CC(C)(C)OC(=O)N[C@H](C(=O)N1CC2[C@H](CCC23CC3)[C@H]1C(=O)O)C(C)(C)C. The van der Waals surface area contributed by atoms with E-state index < -0.39 is 35.2 Å². The van der Waals surface area contributed by atoms with Gasteiger partial charge in [-0.15, -0.1) is 0 Å². The molecule has 3 aliphatic rings. The summed E-state index contributed by atoms with van der Waals surface area (Å²) < 4.78 is 5.33. The lowest BCUT2D eigenvalue weighted by atomic mass is 9.85. The highest BCUT2D eigenvalue weighted by molar-refractivity contribution is 5.90. The first kappa shape index (κ1) is 20.9.